The van der Waals surface area contributed by atoms with Crippen LogP contribution in [-0.2, 0) is 11.0 Å². The summed E-state index contributed by atoms with van der Waals surface area (Å²) in [4.78, 5) is 23.9. The average molecular weight is 297 g/mol. The second-order valence-corrected chi connectivity index (χ2v) is 4.44. The van der Waals surface area contributed by atoms with Gasteiger partial charge in [0.15, 0.2) is 5.13 Å². The number of carbonyl (C=O) groups is 2. The van der Waals surface area contributed by atoms with Crippen molar-refractivity contribution in [1.29, 1.82) is 0 Å². The van der Waals surface area contributed by atoms with Crippen molar-refractivity contribution < 1.29 is 27.9 Å². The number of halogens is 3. The molecule has 6 nitrogen and oxygen atoms in total. The summed E-state index contributed by atoms with van der Waals surface area (Å²) in [6.07, 6.45) is -3.73. The lowest BCUT2D eigenvalue weighted by molar-refractivity contribution is -0.137. The largest absolute Gasteiger partial charge is 0.481 e. The molecule has 106 valence electrons. The SMILES string of the molecule is O=C(O)CCCNC(=O)Nc1ncc(C(F)(F)F)s1. The fraction of sp³-hybridized carbons (Fsp3) is 0.444. The van der Waals surface area contributed by atoms with E-state index in [-0.39, 0.29) is 24.5 Å². The Labute approximate surface area is 109 Å². The Bertz CT molecular complexity index is 461. The molecule has 2 amide bonds. The summed E-state index contributed by atoms with van der Waals surface area (Å²) in [5.41, 5.74) is 0. The van der Waals surface area contributed by atoms with E-state index in [0.717, 1.165) is 0 Å². The van der Waals surface area contributed by atoms with Crippen LogP contribution in [0.5, 0.6) is 0 Å². The summed E-state index contributed by atoms with van der Waals surface area (Å²) in [5.74, 6) is -0.989. The highest BCUT2D eigenvalue weighted by molar-refractivity contribution is 7.15. The zero-order chi connectivity index (χ0) is 14.5. The van der Waals surface area contributed by atoms with Gasteiger partial charge in [-0.3, -0.25) is 10.1 Å². The number of aromatic nitrogens is 1. The van der Waals surface area contributed by atoms with Gasteiger partial charge in [-0.25, -0.2) is 9.78 Å². The van der Waals surface area contributed by atoms with Crippen LogP contribution in [0.25, 0.3) is 0 Å². The van der Waals surface area contributed by atoms with Crippen LogP contribution in [0.2, 0.25) is 0 Å². The van der Waals surface area contributed by atoms with Gasteiger partial charge in [0.05, 0.1) is 6.20 Å². The lowest BCUT2D eigenvalue weighted by Crippen LogP contribution is -2.29. The molecular weight excluding hydrogens is 287 g/mol. The molecule has 0 aliphatic rings. The summed E-state index contributed by atoms with van der Waals surface area (Å²) in [6, 6.07) is -0.728. The van der Waals surface area contributed by atoms with E-state index in [0.29, 0.717) is 17.5 Å². The van der Waals surface area contributed by atoms with Crippen molar-refractivity contribution in [3.63, 3.8) is 0 Å². The number of carbonyl (C=O) groups excluding carboxylic acids is 1. The molecular formula is C9H10F3N3O3S. The van der Waals surface area contributed by atoms with E-state index in [1.54, 1.807) is 0 Å². The van der Waals surface area contributed by atoms with Crippen LogP contribution in [0.4, 0.5) is 23.1 Å². The molecule has 10 heteroatoms. The minimum Gasteiger partial charge on any atom is -0.481 e. The molecule has 1 aromatic heterocycles. The molecule has 1 rings (SSSR count). The number of nitrogens with zero attached hydrogens (tertiary/aromatic N) is 1. The first-order valence-electron chi connectivity index (χ1n) is 5.08. The number of nitrogens with one attached hydrogen (secondary N) is 2. The Kier molecular flexibility index (Phi) is 5.10. The summed E-state index contributed by atoms with van der Waals surface area (Å²) in [7, 11) is 0. The number of amides is 2. The van der Waals surface area contributed by atoms with Gasteiger partial charge in [0.25, 0.3) is 0 Å². The van der Waals surface area contributed by atoms with E-state index >= 15 is 0 Å². The summed E-state index contributed by atoms with van der Waals surface area (Å²) in [5, 5.41) is 12.6. The molecule has 1 aromatic rings. The molecule has 19 heavy (non-hydrogen) atoms. The minimum absolute atomic E-state index is 0.101. The molecule has 3 N–H and O–H groups in total. The van der Waals surface area contributed by atoms with Gasteiger partial charge in [0.1, 0.15) is 4.88 Å². The summed E-state index contributed by atoms with van der Waals surface area (Å²) in [6.45, 7) is 0.107. The van der Waals surface area contributed by atoms with Crippen LogP contribution < -0.4 is 10.6 Å². The van der Waals surface area contributed by atoms with Crippen molar-refractivity contribution in [1.82, 2.24) is 10.3 Å². The average Bonchev–Trinajstić information content (AvgIpc) is 2.72. The molecule has 0 radical (unpaired) electrons. The zero-order valence-electron chi connectivity index (χ0n) is 9.45. The highest BCUT2D eigenvalue weighted by Gasteiger charge is 2.33. The molecule has 0 fully saturated rings. The Hall–Kier alpha value is -1.84. The Balaban J connectivity index is 2.36. The van der Waals surface area contributed by atoms with Crippen LogP contribution in [0, 0.1) is 0 Å². The number of urea groups is 1. The first-order chi connectivity index (χ1) is 8.79. The molecule has 0 unspecified atom stereocenters. The van der Waals surface area contributed by atoms with Gasteiger partial charge in [0, 0.05) is 13.0 Å². The maximum absolute atomic E-state index is 12.2. The van der Waals surface area contributed by atoms with Gasteiger partial charge < -0.3 is 10.4 Å². The molecule has 0 aliphatic carbocycles. The fourth-order valence-electron chi connectivity index (χ4n) is 1.05. The topological polar surface area (TPSA) is 91.3 Å². The van der Waals surface area contributed by atoms with E-state index in [9.17, 15) is 22.8 Å². The number of anilines is 1. The Morgan fingerprint density at radius 1 is 1.42 bits per heavy atom. The standard InChI is InChI=1S/C9H10F3N3O3S/c10-9(11,12)5-4-14-8(19-5)15-7(18)13-3-1-2-6(16)17/h4H,1-3H2,(H,16,17)(H2,13,14,15,18). The molecule has 0 bridgehead atoms. The van der Waals surface area contributed by atoms with Crippen LogP contribution >= 0.6 is 11.3 Å². The van der Waals surface area contributed by atoms with E-state index in [1.165, 1.54) is 0 Å². The Morgan fingerprint density at radius 2 is 2.11 bits per heavy atom. The number of thiazole rings is 1. The molecule has 0 atom stereocenters. The lowest BCUT2D eigenvalue weighted by Gasteiger charge is -2.04. The van der Waals surface area contributed by atoms with Gasteiger partial charge in [0.2, 0.25) is 0 Å². The van der Waals surface area contributed by atoms with Crippen LogP contribution in [0.1, 0.15) is 17.7 Å². The van der Waals surface area contributed by atoms with Crippen molar-refractivity contribution >= 4 is 28.5 Å². The monoisotopic (exact) mass is 297 g/mol. The first kappa shape index (κ1) is 15.2. The van der Waals surface area contributed by atoms with Crippen LogP contribution in [-0.4, -0.2) is 28.6 Å². The van der Waals surface area contributed by atoms with E-state index < -0.39 is 23.1 Å². The van der Waals surface area contributed by atoms with Gasteiger partial charge >= 0.3 is 18.2 Å². The van der Waals surface area contributed by atoms with Crippen molar-refractivity contribution in [2.45, 2.75) is 19.0 Å². The van der Waals surface area contributed by atoms with E-state index in [2.05, 4.69) is 15.6 Å². The van der Waals surface area contributed by atoms with Gasteiger partial charge in [-0.2, -0.15) is 13.2 Å². The quantitative estimate of drug-likeness (QED) is 0.726. The summed E-state index contributed by atoms with van der Waals surface area (Å²) >= 11 is 0.310. The van der Waals surface area contributed by atoms with Crippen LogP contribution in [0.3, 0.4) is 0 Å². The normalized spacial score (nSPS) is 11.1. The number of rotatable bonds is 5. The molecule has 1 heterocycles. The van der Waals surface area contributed by atoms with E-state index in [1.807, 2.05) is 0 Å². The van der Waals surface area contributed by atoms with Gasteiger partial charge in [-0.1, -0.05) is 11.3 Å². The van der Waals surface area contributed by atoms with Gasteiger partial charge in [-0.15, -0.1) is 0 Å². The van der Waals surface area contributed by atoms with Crippen molar-refractivity contribution in [2.24, 2.45) is 0 Å². The second kappa shape index (κ2) is 6.36. The molecule has 0 aliphatic heterocycles. The van der Waals surface area contributed by atoms with Crippen molar-refractivity contribution in [3.05, 3.63) is 11.1 Å². The van der Waals surface area contributed by atoms with Crippen molar-refractivity contribution in [2.75, 3.05) is 11.9 Å². The maximum atomic E-state index is 12.2. The highest BCUT2D eigenvalue weighted by Crippen LogP contribution is 2.34. The number of carboxylic acid groups (broad SMARTS) is 1. The third kappa shape index (κ3) is 5.55. The third-order valence-electron chi connectivity index (χ3n) is 1.86. The van der Waals surface area contributed by atoms with E-state index in [4.69, 9.17) is 5.11 Å². The van der Waals surface area contributed by atoms with Crippen LogP contribution in [0.15, 0.2) is 6.20 Å². The fourth-order valence-corrected chi connectivity index (χ4v) is 1.72. The predicted octanol–water partition coefficient (Wildman–Crippen LogP) is 2.15. The smallest absolute Gasteiger partial charge is 0.427 e. The molecule has 0 aromatic carbocycles. The highest BCUT2D eigenvalue weighted by atomic mass is 32.1. The number of alkyl halides is 3. The molecule has 0 saturated heterocycles. The number of carboxylic acids is 1. The third-order valence-corrected chi connectivity index (χ3v) is 2.82. The number of hydrogen-bond donors (Lipinski definition) is 3. The maximum Gasteiger partial charge on any atom is 0.427 e. The number of hydrogen-bond acceptors (Lipinski definition) is 4. The predicted molar refractivity (Wildman–Crippen MR) is 61.0 cm³/mol. The summed E-state index contributed by atoms with van der Waals surface area (Å²) < 4.78 is 36.7. The number of aliphatic carboxylic acids is 1. The molecule has 0 saturated carbocycles. The van der Waals surface area contributed by atoms with Gasteiger partial charge in [-0.05, 0) is 6.42 Å². The second-order valence-electron chi connectivity index (χ2n) is 3.41. The Morgan fingerprint density at radius 3 is 2.63 bits per heavy atom. The zero-order valence-corrected chi connectivity index (χ0v) is 10.3. The van der Waals surface area contributed by atoms with Crippen molar-refractivity contribution in [3.8, 4) is 0 Å². The molecule has 0 spiro atoms. The minimum atomic E-state index is -4.49. The first-order valence-corrected chi connectivity index (χ1v) is 5.90. The lowest BCUT2D eigenvalue weighted by atomic mass is 10.3.